The summed E-state index contributed by atoms with van der Waals surface area (Å²) in [6.07, 6.45) is 2.15. The third-order valence-electron chi connectivity index (χ3n) is 1.37. The maximum Gasteiger partial charge on any atom is -0.0216 e. The molecule has 0 amide bonds. The van der Waals surface area contributed by atoms with Gasteiger partial charge in [0.25, 0.3) is 0 Å². The molecule has 0 N–H and O–H groups in total. The van der Waals surface area contributed by atoms with Crippen molar-refractivity contribution in [2.24, 2.45) is 5.92 Å². The summed E-state index contributed by atoms with van der Waals surface area (Å²) in [5.41, 5.74) is 1.40. The summed E-state index contributed by atoms with van der Waals surface area (Å²) >= 11 is 0. The van der Waals surface area contributed by atoms with Crippen molar-refractivity contribution in [2.75, 3.05) is 0 Å². The van der Waals surface area contributed by atoms with Crippen LogP contribution in [0.4, 0.5) is 0 Å². The Morgan fingerprint density at radius 2 is 1.89 bits per heavy atom. The second-order valence-corrected chi connectivity index (χ2v) is 3.27. The van der Waals surface area contributed by atoms with Crippen LogP contribution in [0.1, 0.15) is 27.7 Å². The molecule has 52 valence electrons. The van der Waals surface area contributed by atoms with Crippen LogP contribution in [-0.4, -0.2) is 5.29 Å². The highest BCUT2D eigenvalue weighted by Crippen LogP contribution is 2.11. The van der Waals surface area contributed by atoms with Crippen LogP contribution in [0.5, 0.6) is 0 Å². The van der Waals surface area contributed by atoms with Crippen molar-refractivity contribution < 1.29 is 0 Å². The lowest BCUT2D eigenvalue weighted by Crippen LogP contribution is -2.00. The fourth-order valence-electron chi connectivity index (χ4n) is 0.983. The Kier molecular flexibility index (Phi) is 3.81. The summed E-state index contributed by atoms with van der Waals surface area (Å²) in [6, 6.07) is 0. The van der Waals surface area contributed by atoms with Crippen molar-refractivity contribution in [3.8, 4) is 0 Å². The van der Waals surface area contributed by atoms with Gasteiger partial charge in [0.05, 0.1) is 0 Å². The van der Waals surface area contributed by atoms with Crippen LogP contribution in [0, 0.1) is 5.92 Å². The van der Waals surface area contributed by atoms with Gasteiger partial charge in [-0.3, -0.25) is 0 Å². The van der Waals surface area contributed by atoms with Crippen LogP contribution in [0.25, 0.3) is 0 Å². The molecule has 0 aliphatic rings. The van der Waals surface area contributed by atoms with Gasteiger partial charge in [0, 0.05) is 0 Å². The van der Waals surface area contributed by atoms with Crippen molar-refractivity contribution in [2.45, 2.75) is 27.7 Å². The second kappa shape index (κ2) is 3.85. The molecule has 0 spiro atoms. The number of hydrogen-bond donors (Lipinski definition) is 0. The molecule has 0 aliphatic carbocycles. The lowest BCUT2D eigenvalue weighted by Gasteiger charge is -2.08. The van der Waals surface area contributed by atoms with Crippen molar-refractivity contribution in [1.82, 2.24) is 0 Å². The van der Waals surface area contributed by atoms with E-state index in [9.17, 15) is 0 Å². The van der Waals surface area contributed by atoms with Gasteiger partial charge in [0.1, 0.15) is 0 Å². The van der Waals surface area contributed by atoms with Crippen LogP contribution in [-0.2, 0) is 0 Å². The van der Waals surface area contributed by atoms with Crippen LogP contribution >= 0.6 is 8.86 Å². The SMILES string of the molecule is C/C=C(\C(C)=P)C(C)C. The molecule has 0 rings (SSSR count). The van der Waals surface area contributed by atoms with Gasteiger partial charge in [-0.05, 0) is 30.6 Å². The minimum Gasteiger partial charge on any atom is -0.119 e. The maximum atomic E-state index is 3.50. The van der Waals surface area contributed by atoms with Crippen LogP contribution < -0.4 is 0 Å². The Morgan fingerprint density at radius 3 is 1.89 bits per heavy atom. The molecule has 0 aliphatic heterocycles. The fraction of sp³-hybridized carbons (Fsp3) is 0.625. The topological polar surface area (TPSA) is 0 Å². The zero-order valence-electron chi connectivity index (χ0n) is 6.65. The predicted octanol–water partition coefficient (Wildman–Crippen LogP) is 2.92. The van der Waals surface area contributed by atoms with Gasteiger partial charge in [0.2, 0.25) is 0 Å². The monoisotopic (exact) mass is 142 g/mol. The highest BCUT2D eigenvalue weighted by Gasteiger charge is 2.00. The lowest BCUT2D eigenvalue weighted by molar-refractivity contribution is 0.803. The molecule has 0 unspecified atom stereocenters. The highest BCUT2D eigenvalue weighted by atomic mass is 31.0. The van der Waals surface area contributed by atoms with Gasteiger partial charge in [-0.2, -0.15) is 0 Å². The summed E-state index contributed by atoms with van der Waals surface area (Å²) in [7, 11) is 3.50. The molecule has 0 bridgehead atoms. The predicted molar refractivity (Wildman–Crippen MR) is 47.6 cm³/mol. The van der Waals surface area contributed by atoms with Gasteiger partial charge >= 0.3 is 0 Å². The molecular weight excluding hydrogens is 127 g/mol. The third-order valence-corrected chi connectivity index (χ3v) is 1.65. The quantitative estimate of drug-likeness (QED) is 0.520. The summed E-state index contributed by atoms with van der Waals surface area (Å²) < 4.78 is 0. The van der Waals surface area contributed by atoms with Crippen LogP contribution in [0.15, 0.2) is 11.6 Å². The van der Waals surface area contributed by atoms with Gasteiger partial charge in [-0.1, -0.05) is 19.9 Å². The summed E-state index contributed by atoms with van der Waals surface area (Å²) in [6.45, 7) is 8.53. The Labute approximate surface area is 60.2 Å². The van der Waals surface area contributed by atoms with E-state index in [0.717, 1.165) is 0 Å². The largest absolute Gasteiger partial charge is 0.119 e. The van der Waals surface area contributed by atoms with Gasteiger partial charge in [-0.25, -0.2) is 0 Å². The molecule has 0 saturated heterocycles. The average Bonchev–Trinajstić information content (AvgIpc) is 1.64. The molecule has 0 saturated carbocycles. The summed E-state index contributed by atoms with van der Waals surface area (Å²) in [5, 5.41) is 1.24. The van der Waals surface area contributed by atoms with E-state index in [-0.39, 0.29) is 0 Å². The molecular formula is C8H15P. The molecule has 0 atom stereocenters. The van der Waals surface area contributed by atoms with Gasteiger partial charge in [-0.15, -0.1) is 8.86 Å². The van der Waals surface area contributed by atoms with Crippen LogP contribution in [0.3, 0.4) is 0 Å². The fourth-order valence-corrected chi connectivity index (χ4v) is 1.42. The molecule has 9 heavy (non-hydrogen) atoms. The maximum absolute atomic E-state index is 3.50. The van der Waals surface area contributed by atoms with E-state index in [2.05, 4.69) is 42.6 Å². The number of rotatable bonds is 2. The van der Waals surface area contributed by atoms with Crippen molar-refractivity contribution in [3.05, 3.63) is 11.6 Å². The Bertz CT molecular complexity index is 132. The molecule has 1 heteroatoms. The Balaban J connectivity index is 4.19. The molecule has 0 fully saturated rings. The first-order valence-electron chi connectivity index (χ1n) is 3.31. The summed E-state index contributed by atoms with van der Waals surface area (Å²) in [5.74, 6) is 0.632. The first kappa shape index (κ1) is 8.91. The number of allylic oxidation sites excluding steroid dienone is 2. The van der Waals surface area contributed by atoms with E-state index in [1.165, 1.54) is 10.9 Å². The average molecular weight is 142 g/mol. The van der Waals surface area contributed by atoms with E-state index in [1.807, 2.05) is 0 Å². The van der Waals surface area contributed by atoms with Crippen molar-refractivity contribution in [1.29, 1.82) is 0 Å². The van der Waals surface area contributed by atoms with E-state index >= 15 is 0 Å². The number of hydrogen-bond acceptors (Lipinski definition) is 0. The molecule has 0 heterocycles. The van der Waals surface area contributed by atoms with Gasteiger partial charge in [0.15, 0.2) is 0 Å². The second-order valence-electron chi connectivity index (χ2n) is 2.52. The normalized spacial score (nSPS) is 12.3. The van der Waals surface area contributed by atoms with E-state index in [4.69, 9.17) is 0 Å². The van der Waals surface area contributed by atoms with Crippen molar-refractivity contribution >= 4 is 14.2 Å². The van der Waals surface area contributed by atoms with Gasteiger partial charge < -0.3 is 0 Å². The summed E-state index contributed by atoms with van der Waals surface area (Å²) in [4.78, 5) is 0. The third kappa shape index (κ3) is 2.81. The Morgan fingerprint density at radius 1 is 1.44 bits per heavy atom. The zero-order chi connectivity index (χ0) is 7.44. The molecule has 0 aromatic carbocycles. The van der Waals surface area contributed by atoms with Crippen LogP contribution in [0.2, 0.25) is 0 Å². The Hall–Kier alpha value is -0.0900. The van der Waals surface area contributed by atoms with E-state index < -0.39 is 0 Å². The smallest absolute Gasteiger partial charge is 0.0216 e. The standard InChI is InChI=1S/C8H15P/c1-5-8(6(2)3)7(4)9/h5-6,9H,1-4H3/b8-5-. The molecule has 0 aromatic rings. The lowest BCUT2D eigenvalue weighted by atomic mass is 10.0. The molecule has 0 radical (unpaired) electrons. The highest BCUT2D eigenvalue weighted by molar-refractivity contribution is 7.22. The minimum absolute atomic E-state index is 0.632. The zero-order valence-corrected chi connectivity index (χ0v) is 7.65. The first-order valence-corrected chi connectivity index (χ1v) is 3.81. The van der Waals surface area contributed by atoms with E-state index in [1.54, 1.807) is 0 Å². The molecule has 0 aromatic heterocycles. The van der Waals surface area contributed by atoms with E-state index in [0.29, 0.717) is 5.92 Å². The first-order chi connectivity index (χ1) is 4.09. The minimum atomic E-state index is 0.632. The van der Waals surface area contributed by atoms with Crippen molar-refractivity contribution in [3.63, 3.8) is 0 Å². The molecule has 0 nitrogen and oxygen atoms in total.